The smallest absolute Gasteiger partial charge is 0.217 e. The number of hydrogen-bond donors (Lipinski definition) is 2. The molecule has 22 heteroatoms. The molecule has 0 saturated heterocycles. The molecule has 0 radical (unpaired) electrons. The molecule has 0 bridgehead atoms. The van der Waals surface area contributed by atoms with Crippen molar-refractivity contribution in [3.05, 3.63) is 189 Å². The van der Waals surface area contributed by atoms with E-state index in [1.165, 1.54) is 36.4 Å². The predicted molar refractivity (Wildman–Crippen MR) is 320 cm³/mol. The van der Waals surface area contributed by atoms with E-state index < -0.39 is 9.84 Å². The number of benzene rings is 4. The lowest BCUT2D eigenvalue weighted by molar-refractivity contribution is 0.598. The van der Waals surface area contributed by atoms with Crippen LogP contribution in [0.25, 0.3) is 44.5 Å². The van der Waals surface area contributed by atoms with Crippen molar-refractivity contribution in [2.45, 2.75) is 56.3 Å². The van der Waals surface area contributed by atoms with Crippen LogP contribution in [-0.2, 0) is 57.4 Å². The van der Waals surface area contributed by atoms with Crippen molar-refractivity contribution in [1.82, 2.24) is 54.1 Å². The minimum Gasteiger partial charge on any atom is -0.325 e. The zero-order chi connectivity index (χ0) is 54.2. The summed E-state index contributed by atoms with van der Waals surface area (Å²) in [5.41, 5.74) is 14.1. The van der Waals surface area contributed by atoms with Crippen molar-refractivity contribution < 1.29 is 8.42 Å². The minimum atomic E-state index is -3.58. The van der Waals surface area contributed by atoms with Crippen molar-refractivity contribution >= 4 is 100 Å². The van der Waals surface area contributed by atoms with Crippen LogP contribution in [0.2, 0.25) is 0 Å². The Morgan fingerprint density at radius 1 is 0.539 bits per heavy atom. The summed E-state index contributed by atoms with van der Waals surface area (Å²) in [6, 6.07) is 31.6. The number of sulfone groups is 1. The lowest BCUT2D eigenvalue weighted by Crippen LogP contribution is -1.99. The second-order valence-electron chi connectivity index (χ2n) is 16.4. The van der Waals surface area contributed by atoms with Crippen molar-refractivity contribution in [1.29, 1.82) is 0 Å². The van der Waals surface area contributed by atoms with Gasteiger partial charge in [0.05, 0.1) is 66.3 Å². The normalized spacial score (nSPS) is 10.8. The molecule has 11 rings (SSSR count). The first-order valence-corrected chi connectivity index (χ1v) is 30.2. The monoisotopic (exact) mass is 1250 g/mol. The molecule has 14 nitrogen and oxygen atoms in total. The van der Waals surface area contributed by atoms with Crippen LogP contribution in [0, 0.1) is 0 Å². The first-order valence-electron chi connectivity index (χ1n) is 23.4. The molecule has 4 aromatic carbocycles. The molecule has 7 heterocycles. The maximum absolute atomic E-state index is 12.7. The lowest BCUT2D eigenvalue weighted by atomic mass is 10.1. The third kappa shape index (κ3) is 16.8. The van der Waals surface area contributed by atoms with E-state index in [1.54, 1.807) is 72.9 Å². The van der Waals surface area contributed by atoms with E-state index in [0.29, 0.717) is 5.01 Å². The van der Waals surface area contributed by atoms with Gasteiger partial charge in [-0.05, 0) is 99.6 Å². The molecule has 0 spiro atoms. The van der Waals surface area contributed by atoms with Gasteiger partial charge < -0.3 is 5.73 Å². The Morgan fingerprint density at radius 3 is 1.46 bits per heavy atom. The van der Waals surface area contributed by atoms with Crippen molar-refractivity contribution in [2.75, 3.05) is 0 Å². The Bertz CT molecular complexity index is 3620. The predicted octanol–water partition coefficient (Wildman–Crippen LogP) is 13.8. The molecule has 7 aromatic heterocycles. The number of hydrogen-bond acceptors (Lipinski definition) is 15. The van der Waals surface area contributed by atoms with Crippen molar-refractivity contribution in [3.63, 3.8) is 0 Å². The van der Waals surface area contributed by atoms with Crippen LogP contribution in [0.4, 0.5) is 0 Å². The molecule has 76 heavy (non-hydrogen) atoms. The number of nitrogens with zero attached hydrogens (tertiary/aromatic N) is 11. The molecule has 0 aliphatic rings. The quantitative estimate of drug-likeness (QED) is 0.118. The van der Waals surface area contributed by atoms with E-state index in [1.807, 2.05) is 125 Å². The summed E-state index contributed by atoms with van der Waals surface area (Å²) >= 11 is 17.4. The van der Waals surface area contributed by atoms with Gasteiger partial charge in [0.25, 0.3) is 0 Å². The first kappa shape index (κ1) is 57.9. The molecule has 0 aliphatic heterocycles. The van der Waals surface area contributed by atoms with Gasteiger partial charge in [-0.1, -0.05) is 90.1 Å². The topological polar surface area (TPSA) is 170 Å². The number of thiol groups is 1. The number of rotatable bonds is 11. The van der Waals surface area contributed by atoms with Gasteiger partial charge in [0.2, 0.25) is 9.84 Å². The number of aromatic nitrogens is 11. The Hall–Kier alpha value is -5.82. The van der Waals surface area contributed by atoms with Crippen molar-refractivity contribution in [2.24, 2.45) is 33.9 Å². The van der Waals surface area contributed by atoms with Gasteiger partial charge >= 0.3 is 0 Å². The van der Waals surface area contributed by atoms with Crippen LogP contribution in [0.3, 0.4) is 0 Å². The highest BCUT2D eigenvalue weighted by molar-refractivity contribution is 9.11. The summed E-state index contributed by atoms with van der Waals surface area (Å²) in [7, 11) is 4.00. The Labute approximate surface area is 481 Å². The average molecular weight is 1260 g/mol. The van der Waals surface area contributed by atoms with E-state index in [0.717, 1.165) is 70.7 Å². The van der Waals surface area contributed by atoms with Gasteiger partial charge in [0, 0.05) is 96.0 Å². The van der Waals surface area contributed by atoms with Crippen molar-refractivity contribution in [3.8, 4) is 44.5 Å². The number of nitrogens with two attached hydrogens (primary N) is 1. The van der Waals surface area contributed by atoms with Crippen LogP contribution in [0.5, 0.6) is 0 Å². The highest BCUT2D eigenvalue weighted by Crippen LogP contribution is 2.35. The summed E-state index contributed by atoms with van der Waals surface area (Å²) in [5, 5.41) is 19.5. The molecule has 0 atom stereocenters. The molecule has 0 unspecified atom stereocenters. The summed E-state index contributed by atoms with van der Waals surface area (Å²) < 4.78 is 36.1. The lowest BCUT2D eigenvalue weighted by Gasteiger charge is -2.04. The largest absolute Gasteiger partial charge is 0.325 e. The summed E-state index contributed by atoms with van der Waals surface area (Å²) in [6.45, 7) is 4.47. The summed E-state index contributed by atoms with van der Waals surface area (Å²) in [4.78, 5) is 15.0. The molecule has 0 aliphatic carbocycles. The van der Waals surface area contributed by atoms with E-state index in [9.17, 15) is 8.42 Å². The summed E-state index contributed by atoms with van der Waals surface area (Å²) in [5.74, 6) is 0. The number of aryl methyl sites for hydroxylation is 6. The third-order valence-corrected chi connectivity index (χ3v) is 18.5. The van der Waals surface area contributed by atoms with E-state index in [-0.39, 0.29) is 15.6 Å². The molecule has 2 N–H and O–H groups in total. The maximum atomic E-state index is 12.7. The summed E-state index contributed by atoms with van der Waals surface area (Å²) in [6.07, 6.45) is 22.4. The highest BCUT2D eigenvalue weighted by atomic mass is 79.9. The Morgan fingerprint density at radius 2 is 1.01 bits per heavy atom. The van der Waals surface area contributed by atoms with E-state index >= 15 is 0 Å². The fourth-order valence-electron chi connectivity index (χ4n) is 6.92. The molecular weight excluding hydrogens is 1200 g/mol. The second kappa shape index (κ2) is 28.0. The molecule has 0 saturated carbocycles. The highest BCUT2D eigenvalue weighted by Gasteiger charge is 2.21. The van der Waals surface area contributed by atoms with Gasteiger partial charge in [-0.15, -0.1) is 46.6 Å². The van der Waals surface area contributed by atoms with Gasteiger partial charge in [0.15, 0.2) is 0 Å². The molecule has 0 amide bonds. The fraction of sp³-hybridized carbons (Fsp3) is 0.167. The number of thiazole rings is 3. The SMILES string of the molecule is CCc1ncc(Br)s1.CCc1ncc(Sc2cccc(-c3cnn(C)c3)c2)s1.Cn1cc(-c2cccc(Br)c2)cn1.Cn1cc(-c2cccc(S(=O)(=O)c3cnc(CN)s3)c2)cn1.Cn1cc(-c2cccc(S)c2)cn1. The zero-order valence-corrected chi connectivity index (χ0v) is 50.4. The van der Waals surface area contributed by atoms with Gasteiger partial charge in [0.1, 0.15) is 9.22 Å². The van der Waals surface area contributed by atoms with Gasteiger partial charge in [-0.2, -0.15) is 20.4 Å². The second-order valence-corrected chi connectivity index (χ2v) is 26.2. The molecule has 0 fully saturated rings. The van der Waals surface area contributed by atoms with Crippen LogP contribution < -0.4 is 5.73 Å². The maximum Gasteiger partial charge on any atom is 0.217 e. The molecular formula is C54H54Br2N12O2S6. The third-order valence-electron chi connectivity index (χ3n) is 10.7. The molecule has 11 aromatic rings. The standard InChI is InChI=1S/C15H15N3S2.C14H14N4O2S2.C10H9BrN2.C10H10N2S.C5H6BrNS/c1-3-14-16-9-15(20-14)19-13-6-4-5-11(7-13)12-8-17-18(2)10-12;1-18-9-11(7-17-18)10-3-2-4-12(5-10)22(19,20)14-8-16-13(6-15)21-14;1-13-7-9(6-12-13)8-3-2-4-10(11)5-8;1-12-7-9(6-11-12)8-3-2-4-10(13)5-8;1-2-5-7-3-4(6)8-5/h4-10H,3H2,1-2H3;2-5,7-9H,6,15H2,1H3;2-7H,1H3;2-7,13H,1H3;3H,2H2,1H3. The van der Waals surface area contributed by atoms with Crippen LogP contribution in [-0.4, -0.2) is 62.5 Å². The van der Waals surface area contributed by atoms with Gasteiger partial charge in [-0.25, -0.2) is 23.4 Å². The van der Waals surface area contributed by atoms with Crippen LogP contribution in [0.15, 0.2) is 197 Å². The Kier molecular flexibility index (Phi) is 21.3. The van der Waals surface area contributed by atoms with E-state index in [2.05, 4.69) is 136 Å². The molecule has 392 valence electrons. The minimum absolute atomic E-state index is 0.205. The van der Waals surface area contributed by atoms with Crippen LogP contribution in [0.1, 0.15) is 28.9 Å². The first-order chi connectivity index (χ1) is 36.6. The fourth-order valence-corrected chi connectivity index (χ4v) is 13.3. The van der Waals surface area contributed by atoms with E-state index in [4.69, 9.17) is 5.73 Å². The van der Waals surface area contributed by atoms with Crippen LogP contribution >= 0.6 is 90.3 Å². The number of halogens is 2. The average Bonchev–Trinajstić information content (AvgIpc) is 4.30. The van der Waals surface area contributed by atoms with Gasteiger partial charge in [-0.3, -0.25) is 18.7 Å². The zero-order valence-electron chi connectivity index (χ0n) is 42.3. The Balaban J connectivity index is 0.000000143.